The third kappa shape index (κ3) is 7.14. The number of hydrogen-bond acceptors (Lipinski definition) is 4. The Morgan fingerprint density at radius 1 is 1.09 bits per heavy atom. The lowest BCUT2D eigenvalue weighted by molar-refractivity contribution is 0.0863. The predicted octanol–water partition coefficient (Wildman–Crippen LogP) is 7.70. The third-order valence-electron chi connectivity index (χ3n) is 5.50. The summed E-state index contributed by atoms with van der Waals surface area (Å²) >= 11 is 1.52. The van der Waals surface area contributed by atoms with Gasteiger partial charge in [0.1, 0.15) is 0 Å². The van der Waals surface area contributed by atoms with Crippen molar-refractivity contribution in [2.45, 2.75) is 48.0 Å². The first-order valence-electron chi connectivity index (χ1n) is 11.0. The molecule has 7 heteroatoms. The van der Waals surface area contributed by atoms with E-state index in [4.69, 9.17) is 4.98 Å². The van der Waals surface area contributed by atoms with Crippen LogP contribution >= 0.6 is 36.2 Å². The largest absolute Gasteiger partial charge is 0.366 e. The topological polar surface area (TPSA) is 45.6 Å². The number of Topliss-reactive ketones (excluding diaryl/α,β-unsaturated/α-hetero) is 1. The van der Waals surface area contributed by atoms with Gasteiger partial charge >= 0.3 is 0 Å². The average Bonchev–Trinajstić information content (AvgIpc) is 3.17. The molecule has 0 fully saturated rings. The van der Waals surface area contributed by atoms with E-state index in [1.807, 2.05) is 64.5 Å². The summed E-state index contributed by atoms with van der Waals surface area (Å²) in [5, 5.41) is 0.959. The molecule has 0 N–H and O–H groups in total. The fourth-order valence-electron chi connectivity index (χ4n) is 3.32. The Balaban J connectivity index is 0.00000289. The Hall–Kier alpha value is -2.21. The van der Waals surface area contributed by atoms with Gasteiger partial charge in [-0.15, -0.1) is 36.2 Å². The maximum absolute atomic E-state index is 13.2. The molecule has 184 valence electrons. The summed E-state index contributed by atoms with van der Waals surface area (Å²) in [6, 6.07) is 14.3. The summed E-state index contributed by atoms with van der Waals surface area (Å²) in [6.45, 7) is 13.1. The Kier molecular flexibility index (Phi) is 10.9. The standard InChI is InChI=1S/C27H33N3OS.2ClH/c1-8-30(7)17-28-22-15-18(2)21(14-19(22)3)16-23-29-24(20-12-10-9-11-13-20)25(32-23)26(31)27(4,5)6;;/h9-15,17H,8,16H2,1-7H3;2*1H. The molecule has 0 saturated carbocycles. The average molecular weight is 521 g/mol. The number of aromatic nitrogens is 1. The van der Waals surface area contributed by atoms with Gasteiger partial charge in [-0.2, -0.15) is 0 Å². The van der Waals surface area contributed by atoms with E-state index in [1.165, 1.54) is 22.5 Å². The number of aryl methyl sites for hydroxylation is 2. The van der Waals surface area contributed by atoms with E-state index < -0.39 is 5.41 Å². The minimum Gasteiger partial charge on any atom is -0.366 e. The lowest BCUT2D eigenvalue weighted by Crippen LogP contribution is -2.19. The van der Waals surface area contributed by atoms with Crippen LogP contribution in [0.2, 0.25) is 0 Å². The highest BCUT2D eigenvalue weighted by atomic mass is 35.5. The van der Waals surface area contributed by atoms with Crippen molar-refractivity contribution in [2.75, 3.05) is 13.6 Å². The second-order valence-electron chi connectivity index (χ2n) is 9.29. The Morgan fingerprint density at radius 3 is 2.32 bits per heavy atom. The van der Waals surface area contributed by atoms with E-state index in [9.17, 15) is 4.79 Å². The molecule has 0 saturated heterocycles. The Bertz CT molecular complexity index is 1130. The molecular weight excluding hydrogens is 485 g/mol. The number of rotatable bonds is 7. The van der Waals surface area contributed by atoms with Crippen molar-refractivity contribution >= 4 is 54.0 Å². The van der Waals surface area contributed by atoms with Crippen LogP contribution in [0.1, 0.15) is 59.1 Å². The molecule has 0 unspecified atom stereocenters. The van der Waals surface area contributed by atoms with Gasteiger partial charge in [-0.25, -0.2) is 9.98 Å². The number of ketones is 1. The first kappa shape index (κ1) is 29.8. The monoisotopic (exact) mass is 519 g/mol. The number of halogens is 2. The lowest BCUT2D eigenvalue weighted by Gasteiger charge is -2.15. The summed E-state index contributed by atoms with van der Waals surface area (Å²) in [6.07, 6.45) is 2.58. The molecule has 3 aromatic rings. The van der Waals surface area contributed by atoms with E-state index in [0.29, 0.717) is 6.42 Å². The molecule has 2 aromatic carbocycles. The summed E-state index contributed by atoms with van der Waals surface area (Å²) in [5.74, 6) is 0.137. The van der Waals surface area contributed by atoms with Crippen LogP contribution in [0.15, 0.2) is 47.5 Å². The molecule has 0 amide bonds. The van der Waals surface area contributed by atoms with Crippen LogP contribution in [-0.4, -0.2) is 35.6 Å². The minimum atomic E-state index is -0.453. The number of aliphatic imine (C=N–C) groups is 1. The molecule has 1 aromatic heterocycles. The van der Waals surface area contributed by atoms with Crippen molar-refractivity contribution in [1.82, 2.24) is 9.88 Å². The molecule has 34 heavy (non-hydrogen) atoms. The molecule has 0 aliphatic rings. The van der Waals surface area contributed by atoms with Crippen LogP contribution in [0, 0.1) is 19.3 Å². The first-order valence-corrected chi connectivity index (χ1v) is 11.9. The van der Waals surface area contributed by atoms with Gasteiger partial charge in [0.05, 0.1) is 27.6 Å². The summed E-state index contributed by atoms with van der Waals surface area (Å²) in [4.78, 5) is 25.6. The van der Waals surface area contributed by atoms with Gasteiger partial charge in [-0.1, -0.05) is 57.2 Å². The molecule has 0 radical (unpaired) electrons. The van der Waals surface area contributed by atoms with Crippen molar-refractivity contribution in [2.24, 2.45) is 10.4 Å². The van der Waals surface area contributed by atoms with Crippen LogP contribution in [0.25, 0.3) is 11.3 Å². The molecule has 1 heterocycles. The Labute approximate surface area is 220 Å². The van der Waals surface area contributed by atoms with Gasteiger partial charge in [-0.05, 0) is 43.5 Å². The van der Waals surface area contributed by atoms with Crippen molar-refractivity contribution in [3.05, 3.63) is 69.0 Å². The summed E-state index contributed by atoms with van der Waals surface area (Å²) < 4.78 is 0. The zero-order valence-electron chi connectivity index (χ0n) is 21.0. The fourth-order valence-corrected chi connectivity index (χ4v) is 4.58. The molecule has 0 aliphatic heterocycles. The van der Waals surface area contributed by atoms with Crippen LogP contribution in [-0.2, 0) is 6.42 Å². The Morgan fingerprint density at radius 2 is 1.74 bits per heavy atom. The van der Waals surface area contributed by atoms with E-state index in [2.05, 4.69) is 42.8 Å². The highest BCUT2D eigenvalue weighted by Gasteiger charge is 2.29. The number of carbonyl (C=O) groups excluding carboxylic acids is 1. The number of nitrogens with zero attached hydrogens (tertiary/aromatic N) is 3. The minimum absolute atomic E-state index is 0. The highest BCUT2D eigenvalue weighted by molar-refractivity contribution is 7.14. The summed E-state index contributed by atoms with van der Waals surface area (Å²) in [7, 11) is 2.02. The van der Waals surface area contributed by atoms with Crippen molar-refractivity contribution in [3.8, 4) is 11.3 Å². The van der Waals surface area contributed by atoms with Crippen LogP contribution in [0.5, 0.6) is 0 Å². The van der Waals surface area contributed by atoms with Crippen LogP contribution in [0.4, 0.5) is 5.69 Å². The number of thiazole rings is 1. The molecule has 4 nitrogen and oxygen atoms in total. The number of carbonyl (C=O) groups is 1. The van der Waals surface area contributed by atoms with Gasteiger partial charge < -0.3 is 4.90 Å². The molecule has 0 bridgehead atoms. The molecule has 0 aliphatic carbocycles. The van der Waals surface area contributed by atoms with Gasteiger partial charge in [0, 0.05) is 31.0 Å². The summed E-state index contributed by atoms with van der Waals surface area (Å²) in [5.41, 5.74) is 5.85. The second kappa shape index (κ2) is 12.5. The van der Waals surface area contributed by atoms with Crippen molar-refractivity contribution < 1.29 is 4.79 Å². The quantitative estimate of drug-likeness (QED) is 0.182. The maximum Gasteiger partial charge on any atom is 0.180 e. The molecule has 0 atom stereocenters. The molecule has 3 rings (SSSR count). The van der Waals surface area contributed by atoms with E-state index in [1.54, 1.807) is 0 Å². The van der Waals surface area contributed by atoms with Gasteiger partial charge in [-0.3, -0.25) is 4.79 Å². The second-order valence-corrected chi connectivity index (χ2v) is 10.4. The number of benzene rings is 2. The van der Waals surface area contributed by atoms with Crippen LogP contribution < -0.4 is 0 Å². The molecular formula is C27H35Cl2N3OS. The van der Waals surface area contributed by atoms with E-state index in [-0.39, 0.29) is 30.6 Å². The lowest BCUT2D eigenvalue weighted by atomic mass is 9.89. The predicted molar refractivity (Wildman–Crippen MR) is 151 cm³/mol. The van der Waals surface area contributed by atoms with Crippen LogP contribution in [0.3, 0.4) is 0 Å². The van der Waals surface area contributed by atoms with E-state index in [0.717, 1.165) is 38.9 Å². The fraction of sp³-hybridized carbons (Fsp3) is 0.370. The zero-order valence-corrected chi connectivity index (χ0v) is 23.5. The maximum atomic E-state index is 13.2. The first-order chi connectivity index (χ1) is 15.1. The normalized spacial score (nSPS) is 11.1. The SMILES string of the molecule is CCN(C)C=Nc1cc(C)c(Cc2nc(-c3ccccc3)c(C(=O)C(C)(C)C)s2)cc1C.Cl.Cl. The van der Waals surface area contributed by atoms with Crippen molar-refractivity contribution in [1.29, 1.82) is 0 Å². The zero-order chi connectivity index (χ0) is 23.5. The third-order valence-corrected chi connectivity index (χ3v) is 6.55. The van der Waals surface area contributed by atoms with Gasteiger partial charge in [0.25, 0.3) is 0 Å². The van der Waals surface area contributed by atoms with Crippen molar-refractivity contribution in [3.63, 3.8) is 0 Å². The highest BCUT2D eigenvalue weighted by Crippen LogP contribution is 2.35. The van der Waals surface area contributed by atoms with E-state index >= 15 is 0 Å². The van der Waals surface area contributed by atoms with Gasteiger partial charge in [0.2, 0.25) is 0 Å². The van der Waals surface area contributed by atoms with Gasteiger partial charge in [0.15, 0.2) is 5.78 Å². The number of hydrogen-bond donors (Lipinski definition) is 0. The molecule has 0 spiro atoms. The smallest absolute Gasteiger partial charge is 0.180 e.